The molecular weight excluding hydrogens is 288 g/mol. The lowest BCUT2D eigenvalue weighted by atomic mass is 9.91. The normalized spacial score (nSPS) is 18.6. The summed E-state index contributed by atoms with van der Waals surface area (Å²) in [7, 11) is 0. The monoisotopic (exact) mass is 316 g/mol. The van der Waals surface area contributed by atoms with E-state index in [1.807, 2.05) is 49.9 Å². The van der Waals surface area contributed by atoms with Gasteiger partial charge in [-0.2, -0.15) is 0 Å². The summed E-state index contributed by atoms with van der Waals surface area (Å²) in [5.41, 5.74) is 1.68. The van der Waals surface area contributed by atoms with Gasteiger partial charge in [-0.25, -0.2) is 0 Å². The minimum atomic E-state index is -0.394. The van der Waals surface area contributed by atoms with Crippen molar-refractivity contribution < 1.29 is 9.59 Å². The molecule has 1 unspecified atom stereocenters. The van der Waals surface area contributed by atoms with Gasteiger partial charge in [-0.15, -0.1) is 0 Å². The average Bonchev–Trinajstić information content (AvgIpc) is 2.54. The molecule has 0 aliphatic carbocycles. The summed E-state index contributed by atoms with van der Waals surface area (Å²) in [5.74, 6) is 0.0175. The summed E-state index contributed by atoms with van der Waals surface area (Å²) in [6, 6.07) is 7.95. The Labute approximate surface area is 139 Å². The smallest absolute Gasteiger partial charge is 0.229 e. The van der Waals surface area contributed by atoms with Crippen LogP contribution in [0.2, 0.25) is 0 Å². The maximum Gasteiger partial charge on any atom is 0.229 e. The molecule has 0 saturated carbocycles. The molecule has 1 aliphatic heterocycles. The standard InChI is InChI=1S/C19H28N2O2/c1-5-14-8-10-16(11-9-14)20-17(22)15-7-6-12-21(13-15)18(23)19(2,3)4/h8-11,15H,5-7,12-13H2,1-4H3,(H,20,22). The number of benzene rings is 1. The Morgan fingerprint density at radius 3 is 2.43 bits per heavy atom. The summed E-state index contributed by atoms with van der Waals surface area (Å²) in [4.78, 5) is 26.7. The molecule has 1 aliphatic rings. The number of carbonyl (C=O) groups excluding carboxylic acids is 2. The van der Waals surface area contributed by atoms with E-state index >= 15 is 0 Å². The highest BCUT2D eigenvalue weighted by Crippen LogP contribution is 2.24. The first-order valence-electron chi connectivity index (χ1n) is 8.50. The van der Waals surface area contributed by atoms with Gasteiger partial charge in [0.25, 0.3) is 0 Å². The molecule has 126 valence electrons. The van der Waals surface area contributed by atoms with Crippen LogP contribution in [0.25, 0.3) is 0 Å². The molecule has 1 aromatic carbocycles. The van der Waals surface area contributed by atoms with E-state index in [1.165, 1.54) is 5.56 Å². The molecule has 1 heterocycles. The SMILES string of the molecule is CCc1ccc(NC(=O)C2CCCN(C(=O)C(C)(C)C)C2)cc1. The Kier molecular flexibility index (Phi) is 5.45. The first-order chi connectivity index (χ1) is 10.8. The molecule has 1 saturated heterocycles. The van der Waals surface area contributed by atoms with Crippen LogP contribution in [-0.2, 0) is 16.0 Å². The van der Waals surface area contributed by atoms with E-state index in [0.717, 1.165) is 31.5 Å². The second-order valence-electron chi connectivity index (χ2n) is 7.38. The zero-order valence-electron chi connectivity index (χ0n) is 14.7. The summed E-state index contributed by atoms with van der Waals surface area (Å²) in [6.45, 7) is 9.16. The molecule has 1 atom stereocenters. The van der Waals surface area contributed by atoms with E-state index in [2.05, 4.69) is 12.2 Å². The Morgan fingerprint density at radius 1 is 1.22 bits per heavy atom. The van der Waals surface area contributed by atoms with Crippen molar-refractivity contribution in [2.24, 2.45) is 11.3 Å². The zero-order chi connectivity index (χ0) is 17.0. The van der Waals surface area contributed by atoms with Crippen LogP contribution in [0.3, 0.4) is 0 Å². The van der Waals surface area contributed by atoms with E-state index in [9.17, 15) is 9.59 Å². The first kappa shape index (κ1) is 17.5. The lowest BCUT2D eigenvalue weighted by molar-refractivity contribution is -0.142. The third kappa shape index (κ3) is 4.57. The topological polar surface area (TPSA) is 49.4 Å². The predicted molar refractivity (Wildman–Crippen MR) is 93.2 cm³/mol. The van der Waals surface area contributed by atoms with Crippen LogP contribution in [0.1, 0.15) is 46.1 Å². The van der Waals surface area contributed by atoms with Gasteiger partial charge < -0.3 is 10.2 Å². The molecule has 1 aromatic rings. The van der Waals surface area contributed by atoms with E-state index in [-0.39, 0.29) is 17.7 Å². The Balaban J connectivity index is 1.97. The highest BCUT2D eigenvalue weighted by molar-refractivity contribution is 5.93. The number of nitrogens with one attached hydrogen (secondary N) is 1. The summed E-state index contributed by atoms with van der Waals surface area (Å²) < 4.78 is 0. The molecule has 0 bridgehead atoms. The summed E-state index contributed by atoms with van der Waals surface area (Å²) in [6.07, 6.45) is 2.71. The number of anilines is 1. The largest absolute Gasteiger partial charge is 0.341 e. The first-order valence-corrected chi connectivity index (χ1v) is 8.50. The number of nitrogens with zero attached hydrogens (tertiary/aromatic N) is 1. The van der Waals surface area contributed by atoms with Gasteiger partial charge >= 0.3 is 0 Å². The number of aryl methyl sites for hydroxylation is 1. The molecule has 23 heavy (non-hydrogen) atoms. The quantitative estimate of drug-likeness (QED) is 0.928. The van der Waals surface area contributed by atoms with E-state index < -0.39 is 5.41 Å². The van der Waals surface area contributed by atoms with Crippen molar-refractivity contribution in [1.29, 1.82) is 0 Å². The van der Waals surface area contributed by atoms with Crippen molar-refractivity contribution in [3.05, 3.63) is 29.8 Å². The van der Waals surface area contributed by atoms with Crippen LogP contribution in [0.4, 0.5) is 5.69 Å². The van der Waals surface area contributed by atoms with Crippen molar-refractivity contribution in [3.63, 3.8) is 0 Å². The van der Waals surface area contributed by atoms with Gasteiger partial charge in [0.1, 0.15) is 0 Å². The van der Waals surface area contributed by atoms with Gasteiger partial charge in [-0.05, 0) is 37.0 Å². The second kappa shape index (κ2) is 7.16. The fourth-order valence-corrected chi connectivity index (χ4v) is 2.92. The maximum atomic E-state index is 12.5. The predicted octanol–water partition coefficient (Wildman–Crippen LogP) is 3.47. The maximum absolute atomic E-state index is 12.5. The molecular formula is C19H28N2O2. The van der Waals surface area contributed by atoms with Crippen LogP contribution >= 0.6 is 0 Å². The van der Waals surface area contributed by atoms with Gasteiger partial charge in [0, 0.05) is 24.2 Å². The Morgan fingerprint density at radius 2 is 1.87 bits per heavy atom. The van der Waals surface area contributed by atoms with Gasteiger partial charge in [0.05, 0.1) is 5.92 Å². The molecule has 0 aromatic heterocycles. The van der Waals surface area contributed by atoms with Crippen molar-refractivity contribution in [2.75, 3.05) is 18.4 Å². The van der Waals surface area contributed by atoms with E-state index in [0.29, 0.717) is 6.54 Å². The van der Waals surface area contributed by atoms with Gasteiger partial charge in [0.2, 0.25) is 11.8 Å². The Bertz CT molecular complexity index is 558. The van der Waals surface area contributed by atoms with Gasteiger partial charge in [-0.3, -0.25) is 9.59 Å². The number of hydrogen-bond acceptors (Lipinski definition) is 2. The highest BCUT2D eigenvalue weighted by Gasteiger charge is 2.33. The number of hydrogen-bond donors (Lipinski definition) is 1. The minimum absolute atomic E-state index is 0.0145. The van der Waals surface area contributed by atoms with Crippen molar-refractivity contribution >= 4 is 17.5 Å². The molecule has 0 spiro atoms. The van der Waals surface area contributed by atoms with Crippen LogP contribution in [-0.4, -0.2) is 29.8 Å². The number of amides is 2. The van der Waals surface area contributed by atoms with E-state index in [1.54, 1.807) is 0 Å². The molecule has 4 heteroatoms. The van der Waals surface area contributed by atoms with Crippen LogP contribution in [0.15, 0.2) is 24.3 Å². The number of carbonyl (C=O) groups is 2. The fraction of sp³-hybridized carbons (Fsp3) is 0.579. The van der Waals surface area contributed by atoms with Gasteiger partial charge in [-0.1, -0.05) is 39.8 Å². The zero-order valence-corrected chi connectivity index (χ0v) is 14.7. The van der Waals surface area contributed by atoms with Crippen LogP contribution in [0, 0.1) is 11.3 Å². The summed E-state index contributed by atoms with van der Waals surface area (Å²) >= 11 is 0. The molecule has 2 amide bonds. The average molecular weight is 316 g/mol. The third-order valence-corrected chi connectivity index (χ3v) is 4.35. The number of likely N-dealkylation sites (tertiary alicyclic amines) is 1. The minimum Gasteiger partial charge on any atom is -0.341 e. The van der Waals surface area contributed by atoms with Crippen LogP contribution in [0.5, 0.6) is 0 Å². The molecule has 4 nitrogen and oxygen atoms in total. The third-order valence-electron chi connectivity index (χ3n) is 4.35. The Hall–Kier alpha value is -1.84. The fourth-order valence-electron chi connectivity index (χ4n) is 2.92. The van der Waals surface area contributed by atoms with Crippen LogP contribution < -0.4 is 5.32 Å². The van der Waals surface area contributed by atoms with Crippen molar-refractivity contribution in [1.82, 2.24) is 4.90 Å². The molecule has 2 rings (SSSR count). The molecule has 1 fully saturated rings. The highest BCUT2D eigenvalue weighted by atomic mass is 16.2. The molecule has 1 N–H and O–H groups in total. The summed E-state index contributed by atoms with van der Waals surface area (Å²) in [5, 5.41) is 2.98. The van der Waals surface area contributed by atoms with E-state index in [4.69, 9.17) is 0 Å². The lowest BCUT2D eigenvalue weighted by Crippen LogP contribution is -2.47. The van der Waals surface area contributed by atoms with Crippen molar-refractivity contribution in [3.8, 4) is 0 Å². The lowest BCUT2D eigenvalue weighted by Gasteiger charge is -2.35. The van der Waals surface area contributed by atoms with Crippen molar-refractivity contribution in [2.45, 2.75) is 47.0 Å². The molecule has 0 radical (unpaired) electrons. The second-order valence-corrected chi connectivity index (χ2v) is 7.38. The number of piperidine rings is 1. The van der Waals surface area contributed by atoms with Gasteiger partial charge in [0.15, 0.2) is 0 Å². The number of rotatable bonds is 3.